The fourth-order valence-corrected chi connectivity index (χ4v) is 1.26. The van der Waals surface area contributed by atoms with E-state index in [4.69, 9.17) is 10.5 Å². The topological polar surface area (TPSA) is 48.1 Å². The third-order valence-electron chi connectivity index (χ3n) is 1.88. The van der Waals surface area contributed by atoms with Gasteiger partial charge in [-0.3, -0.25) is 0 Å². The van der Waals surface area contributed by atoms with E-state index in [0.717, 1.165) is 0 Å². The number of halogens is 2. The van der Waals surface area contributed by atoms with Gasteiger partial charge in [-0.15, -0.1) is 0 Å². The summed E-state index contributed by atoms with van der Waals surface area (Å²) in [5.41, 5.74) is 6.03. The van der Waals surface area contributed by atoms with Crippen molar-refractivity contribution in [2.75, 3.05) is 7.11 Å². The van der Waals surface area contributed by atoms with Gasteiger partial charge >= 0.3 is 0 Å². The number of nitrogens with two attached hydrogens (primary N) is 1. The first-order valence-electron chi connectivity index (χ1n) is 4.12. The van der Waals surface area contributed by atoms with E-state index in [1.54, 1.807) is 6.92 Å². The molecule has 0 bridgehead atoms. The molecule has 0 aliphatic heterocycles. The number of pyridine rings is 1. The molecule has 1 aromatic rings. The number of rotatable bonds is 3. The van der Waals surface area contributed by atoms with Crippen molar-refractivity contribution in [3.8, 4) is 5.88 Å². The van der Waals surface area contributed by atoms with Crippen LogP contribution in [-0.2, 0) is 6.54 Å². The standard InChI is InChI=1S/C9H12F2N2O/c1-5-3-6(8(10)11)7(4-12)9(13-5)14-2/h3,8H,4,12H2,1-2H3. The smallest absolute Gasteiger partial charge is 0.264 e. The summed E-state index contributed by atoms with van der Waals surface area (Å²) in [6.45, 7) is 1.63. The van der Waals surface area contributed by atoms with Crippen molar-refractivity contribution in [2.45, 2.75) is 19.9 Å². The summed E-state index contributed by atoms with van der Waals surface area (Å²) in [6.07, 6.45) is -2.55. The lowest BCUT2D eigenvalue weighted by Gasteiger charge is -2.11. The number of methoxy groups -OCH3 is 1. The van der Waals surface area contributed by atoms with E-state index < -0.39 is 6.43 Å². The van der Waals surface area contributed by atoms with E-state index >= 15 is 0 Å². The van der Waals surface area contributed by atoms with Crippen LogP contribution in [0.25, 0.3) is 0 Å². The lowest BCUT2D eigenvalue weighted by atomic mass is 10.1. The summed E-state index contributed by atoms with van der Waals surface area (Å²) in [5, 5.41) is 0. The highest BCUT2D eigenvalue weighted by Crippen LogP contribution is 2.28. The van der Waals surface area contributed by atoms with Crippen molar-refractivity contribution < 1.29 is 13.5 Å². The predicted molar refractivity (Wildman–Crippen MR) is 48.4 cm³/mol. The van der Waals surface area contributed by atoms with Crippen LogP contribution in [0.2, 0.25) is 0 Å². The molecule has 0 saturated carbocycles. The minimum atomic E-state index is -2.55. The predicted octanol–water partition coefficient (Wildman–Crippen LogP) is 1.79. The minimum absolute atomic E-state index is 0.00384. The molecular weight excluding hydrogens is 190 g/mol. The van der Waals surface area contributed by atoms with Gasteiger partial charge in [0.25, 0.3) is 6.43 Å². The Labute approximate surface area is 80.9 Å². The van der Waals surface area contributed by atoms with Crippen LogP contribution in [0, 0.1) is 6.92 Å². The Hall–Kier alpha value is -1.23. The summed E-state index contributed by atoms with van der Waals surface area (Å²) in [6, 6.07) is 1.33. The number of hydrogen-bond acceptors (Lipinski definition) is 3. The molecular formula is C9H12F2N2O. The van der Waals surface area contributed by atoms with E-state index in [-0.39, 0.29) is 23.6 Å². The van der Waals surface area contributed by atoms with Crippen molar-refractivity contribution in [1.82, 2.24) is 4.98 Å². The molecule has 0 unspecified atom stereocenters. The van der Waals surface area contributed by atoms with Gasteiger partial charge in [-0.2, -0.15) is 0 Å². The van der Waals surface area contributed by atoms with Gasteiger partial charge < -0.3 is 10.5 Å². The molecule has 0 aliphatic carbocycles. The van der Waals surface area contributed by atoms with Crippen molar-refractivity contribution in [3.63, 3.8) is 0 Å². The van der Waals surface area contributed by atoms with E-state index in [0.29, 0.717) is 5.69 Å². The molecule has 0 aromatic carbocycles. The zero-order chi connectivity index (χ0) is 10.7. The van der Waals surface area contributed by atoms with Gasteiger partial charge in [-0.1, -0.05) is 0 Å². The first kappa shape index (κ1) is 10.8. The Morgan fingerprint density at radius 1 is 1.57 bits per heavy atom. The largest absolute Gasteiger partial charge is 0.481 e. The molecule has 0 saturated heterocycles. The molecule has 5 heteroatoms. The number of nitrogens with zero attached hydrogens (tertiary/aromatic N) is 1. The van der Waals surface area contributed by atoms with Gasteiger partial charge in [-0.25, -0.2) is 13.8 Å². The Morgan fingerprint density at radius 3 is 2.64 bits per heavy atom. The third kappa shape index (κ3) is 1.98. The summed E-state index contributed by atoms with van der Waals surface area (Å²) in [7, 11) is 1.39. The van der Waals surface area contributed by atoms with Crippen LogP contribution in [0.3, 0.4) is 0 Å². The lowest BCUT2D eigenvalue weighted by molar-refractivity contribution is 0.149. The van der Waals surface area contributed by atoms with Crippen LogP contribution in [0.5, 0.6) is 5.88 Å². The molecule has 78 valence electrons. The maximum Gasteiger partial charge on any atom is 0.264 e. The van der Waals surface area contributed by atoms with Crippen molar-refractivity contribution in [3.05, 3.63) is 22.9 Å². The summed E-state index contributed by atoms with van der Waals surface area (Å²) >= 11 is 0. The maximum absolute atomic E-state index is 12.6. The molecule has 0 aliphatic rings. The van der Waals surface area contributed by atoms with E-state index in [2.05, 4.69) is 4.98 Å². The van der Waals surface area contributed by atoms with Gasteiger partial charge in [0.15, 0.2) is 0 Å². The number of alkyl halides is 2. The molecule has 14 heavy (non-hydrogen) atoms. The quantitative estimate of drug-likeness (QED) is 0.812. The van der Waals surface area contributed by atoms with E-state index in [1.807, 2.05) is 0 Å². The second-order valence-electron chi connectivity index (χ2n) is 2.85. The van der Waals surface area contributed by atoms with Crippen molar-refractivity contribution in [1.29, 1.82) is 0 Å². The normalized spacial score (nSPS) is 10.7. The van der Waals surface area contributed by atoms with Gasteiger partial charge in [0.05, 0.1) is 7.11 Å². The average Bonchev–Trinajstić information content (AvgIpc) is 2.16. The van der Waals surface area contributed by atoms with Gasteiger partial charge in [-0.05, 0) is 13.0 Å². The Kier molecular flexibility index (Phi) is 3.35. The van der Waals surface area contributed by atoms with E-state index in [1.165, 1.54) is 13.2 Å². The second kappa shape index (κ2) is 4.32. The number of aromatic nitrogens is 1. The highest BCUT2D eigenvalue weighted by Gasteiger charge is 2.17. The first-order valence-corrected chi connectivity index (χ1v) is 4.12. The van der Waals surface area contributed by atoms with Crippen LogP contribution in [0.15, 0.2) is 6.07 Å². The zero-order valence-electron chi connectivity index (χ0n) is 8.05. The van der Waals surface area contributed by atoms with Crippen LogP contribution < -0.4 is 10.5 Å². The van der Waals surface area contributed by atoms with Gasteiger partial charge in [0, 0.05) is 23.4 Å². The fraction of sp³-hybridized carbons (Fsp3) is 0.444. The summed E-state index contributed by atoms with van der Waals surface area (Å²) < 4.78 is 30.0. The average molecular weight is 202 g/mol. The van der Waals surface area contributed by atoms with E-state index in [9.17, 15) is 8.78 Å². The van der Waals surface area contributed by atoms with Crippen LogP contribution >= 0.6 is 0 Å². The fourth-order valence-electron chi connectivity index (χ4n) is 1.26. The highest BCUT2D eigenvalue weighted by molar-refractivity contribution is 5.37. The first-order chi connectivity index (χ1) is 6.60. The Bertz CT molecular complexity index is 329. The molecule has 0 radical (unpaired) electrons. The van der Waals surface area contributed by atoms with Gasteiger partial charge in [0.2, 0.25) is 5.88 Å². The number of ether oxygens (including phenoxy) is 1. The molecule has 1 heterocycles. The molecule has 2 N–H and O–H groups in total. The zero-order valence-corrected chi connectivity index (χ0v) is 8.05. The SMILES string of the molecule is COc1nc(C)cc(C(F)F)c1CN. The number of hydrogen-bond donors (Lipinski definition) is 1. The van der Waals surface area contributed by atoms with Gasteiger partial charge in [0.1, 0.15) is 0 Å². The Morgan fingerprint density at radius 2 is 2.21 bits per heavy atom. The molecule has 1 aromatic heterocycles. The second-order valence-corrected chi connectivity index (χ2v) is 2.85. The molecule has 1 rings (SSSR count). The molecule has 0 amide bonds. The van der Waals surface area contributed by atoms with Crippen molar-refractivity contribution >= 4 is 0 Å². The molecule has 0 fully saturated rings. The minimum Gasteiger partial charge on any atom is -0.481 e. The molecule has 3 nitrogen and oxygen atoms in total. The molecule has 0 atom stereocenters. The third-order valence-corrected chi connectivity index (χ3v) is 1.88. The lowest BCUT2D eigenvalue weighted by Crippen LogP contribution is -2.07. The summed E-state index contributed by atoms with van der Waals surface area (Å²) in [5.74, 6) is 0.183. The van der Waals surface area contributed by atoms with Crippen LogP contribution in [-0.4, -0.2) is 12.1 Å². The Balaban J connectivity index is 3.31. The number of aryl methyl sites for hydroxylation is 1. The summed E-state index contributed by atoms with van der Waals surface area (Å²) in [4.78, 5) is 3.97. The van der Waals surface area contributed by atoms with Crippen molar-refractivity contribution in [2.24, 2.45) is 5.73 Å². The van der Waals surface area contributed by atoms with Crippen LogP contribution in [0.1, 0.15) is 23.2 Å². The maximum atomic E-state index is 12.6. The highest BCUT2D eigenvalue weighted by atomic mass is 19.3. The molecule has 0 spiro atoms. The van der Waals surface area contributed by atoms with Crippen LogP contribution in [0.4, 0.5) is 8.78 Å². The monoisotopic (exact) mass is 202 g/mol.